The molecule has 0 bridgehead atoms. The number of pyridine rings is 1. The van der Waals surface area contributed by atoms with E-state index in [0.717, 1.165) is 11.1 Å². The first-order valence-corrected chi connectivity index (χ1v) is 8.28. The van der Waals surface area contributed by atoms with E-state index in [2.05, 4.69) is 15.2 Å². The zero-order chi connectivity index (χ0) is 16.8. The van der Waals surface area contributed by atoms with Gasteiger partial charge in [-0.05, 0) is 36.4 Å². The molecule has 0 radical (unpaired) electrons. The molecule has 0 spiro atoms. The van der Waals surface area contributed by atoms with Crippen LogP contribution in [-0.4, -0.2) is 27.8 Å². The molecule has 1 aromatic carbocycles. The Kier molecular flexibility index (Phi) is 5.22. The molecule has 0 fully saturated rings. The molecule has 0 amide bonds. The quantitative estimate of drug-likeness (QED) is 0.501. The second kappa shape index (κ2) is 7.74. The van der Waals surface area contributed by atoms with Crippen LogP contribution < -0.4 is 0 Å². The second-order valence-electron chi connectivity index (χ2n) is 4.78. The predicted octanol–water partition coefficient (Wildman–Crippen LogP) is 3.53. The number of benzene rings is 1. The van der Waals surface area contributed by atoms with E-state index in [0.29, 0.717) is 17.7 Å². The van der Waals surface area contributed by atoms with Gasteiger partial charge in [-0.2, -0.15) is 0 Å². The van der Waals surface area contributed by atoms with E-state index < -0.39 is 5.25 Å². The Bertz CT molecular complexity index is 793. The van der Waals surface area contributed by atoms with E-state index in [-0.39, 0.29) is 5.97 Å². The summed E-state index contributed by atoms with van der Waals surface area (Å²) in [5.41, 5.74) is 1.55. The third kappa shape index (κ3) is 3.80. The van der Waals surface area contributed by atoms with Gasteiger partial charge in [0.05, 0.1) is 12.2 Å². The molecule has 7 heteroatoms. The van der Waals surface area contributed by atoms with Crippen molar-refractivity contribution in [3.63, 3.8) is 0 Å². The maximum absolute atomic E-state index is 12.3. The number of hydrogen-bond donors (Lipinski definition) is 0. The number of ether oxygens (including phenoxy) is 1. The minimum Gasteiger partial charge on any atom is -0.465 e. The van der Waals surface area contributed by atoms with Crippen molar-refractivity contribution in [2.45, 2.75) is 17.4 Å². The zero-order valence-electron chi connectivity index (χ0n) is 13.0. The molecule has 24 heavy (non-hydrogen) atoms. The number of aromatic nitrogens is 3. The molecule has 1 atom stereocenters. The maximum atomic E-state index is 12.3. The third-order valence-electron chi connectivity index (χ3n) is 3.14. The van der Waals surface area contributed by atoms with Crippen molar-refractivity contribution in [1.29, 1.82) is 0 Å². The minimum atomic E-state index is -0.562. The fraction of sp³-hybridized carbons (Fsp3) is 0.176. The van der Waals surface area contributed by atoms with Crippen LogP contribution in [0, 0.1) is 0 Å². The summed E-state index contributed by atoms with van der Waals surface area (Å²) in [7, 11) is 0. The van der Waals surface area contributed by atoms with Crippen LogP contribution in [-0.2, 0) is 9.53 Å². The molecule has 0 saturated heterocycles. The highest BCUT2D eigenvalue weighted by Gasteiger charge is 2.26. The SMILES string of the molecule is CCOC(=O)C(Sc1nnc(-c2cccnc2)o1)c1ccccc1. The fourth-order valence-electron chi connectivity index (χ4n) is 2.06. The lowest BCUT2D eigenvalue weighted by Crippen LogP contribution is -2.13. The molecule has 0 saturated carbocycles. The largest absolute Gasteiger partial charge is 0.465 e. The number of rotatable bonds is 6. The van der Waals surface area contributed by atoms with Crippen LogP contribution in [0.4, 0.5) is 0 Å². The van der Waals surface area contributed by atoms with Crippen molar-refractivity contribution in [1.82, 2.24) is 15.2 Å². The van der Waals surface area contributed by atoms with E-state index in [1.165, 1.54) is 11.8 Å². The molecule has 3 rings (SSSR count). The van der Waals surface area contributed by atoms with Gasteiger partial charge in [-0.15, -0.1) is 10.2 Å². The summed E-state index contributed by atoms with van der Waals surface area (Å²) in [6.45, 7) is 2.09. The van der Waals surface area contributed by atoms with Gasteiger partial charge in [0, 0.05) is 12.4 Å². The molecular formula is C17H15N3O3S. The molecule has 1 unspecified atom stereocenters. The van der Waals surface area contributed by atoms with Crippen molar-refractivity contribution < 1.29 is 13.9 Å². The van der Waals surface area contributed by atoms with Crippen LogP contribution in [0.15, 0.2) is 64.5 Å². The standard InChI is InChI=1S/C17H15N3O3S/c1-2-22-16(21)14(12-7-4-3-5-8-12)24-17-20-19-15(23-17)13-9-6-10-18-11-13/h3-11,14H,2H2,1H3. The summed E-state index contributed by atoms with van der Waals surface area (Å²) >= 11 is 1.17. The molecule has 0 aliphatic rings. The van der Waals surface area contributed by atoms with Gasteiger partial charge in [0.25, 0.3) is 5.22 Å². The van der Waals surface area contributed by atoms with Gasteiger partial charge >= 0.3 is 5.97 Å². The van der Waals surface area contributed by atoms with Crippen molar-refractivity contribution in [3.8, 4) is 11.5 Å². The van der Waals surface area contributed by atoms with Gasteiger partial charge in [0.15, 0.2) is 0 Å². The first kappa shape index (κ1) is 16.2. The van der Waals surface area contributed by atoms with Crippen LogP contribution in [0.5, 0.6) is 0 Å². The molecule has 2 aromatic heterocycles. The van der Waals surface area contributed by atoms with Gasteiger partial charge in [-0.1, -0.05) is 30.3 Å². The normalized spacial score (nSPS) is 11.9. The first-order valence-electron chi connectivity index (χ1n) is 7.40. The van der Waals surface area contributed by atoms with Gasteiger partial charge in [-0.3, -0.25) is 9.78 Å². The Labute approximate surface area is 143 Å². The average molecular weight is 341 g/mol. The van der Waals surface area contributed by atoms with Gasteiger partial charge < -0.3 is 9.15 Å². The first-order chi connectivity index (χ1) is 11.8. The summed E-state index contributed by atoms with van der Waals surface area (Å²) in [6.07, 6.45) is 3.31. The topological polar surface area (TPSA) is 78.1 Å². The summed E-state index contributed by atoms with van der Waals surface area (Å²) in [6, 6.07) is 13.0. The molecular weight excluding hydrogens is 326 g/mol. The van der Waals surface area contributed by atoms with E-state index in [1.54, 1.807) is 25.4 Å². The number of hydrogen-bond acceptors (Lipinski definition) is 7. The fourth-order valence-corrected chi connectivity index (χ4v) is 2.94. The van der Waals surface area contributed by atoms with Gasteiger partial charge in [-0.25, -0.2) is 0 Å². The van der Waals surface area contributed by atoms with Crippen LogP contribution in [0.3, 0.4) is 0 Å². The van der Waals surface area contributed by atoms with E-state index >= 15 is 0 Å². The third-order valence-corrected chi connectivity index (χ3v) is 4.20. The molecule has 0 N–H and O–H groups in total. The Morgan fingerprint density at radius 2 is 2.04 bits per heavy atom. The lowest BCUT2D eigenvalue weighted by atomic mass is 10.1. The Balaban J connectivity index is 1.83. The van der Waals surface area contributed by atoms with Gasteiger partial charge in [0.2, 0.25) is 5.89 Å². The van der Waals surface area contributed by atoms with Crippen LogP contribution in [0.2, 0.25) is 0 Å². The summed E-state index contributed by atoms with van der Waals surface area (Å²) in [4.78, 5) is 16.3. The summed E-state index contributed by atoms with van der Waals surface area (Å²) in [5.74, 6) is 0.0242. The molecule has 2 heterocycles. The predicted molar refractivity (Wildman–Crippen MR) is 89.2 cm³/mol. The highest BCUT2D eigenvalue weighted by atomic mass is 32.2. The van der Waals surface area contributed by atoms with Crippen LogP contribution in [0.25, 0.3) is 11.5 Å². The summed E-state index contributed by atoms with van der Waals surface area (Å²) in [5, 5.41) is 7.76. The number of thioether (sulfide) groups is 1. The molecule has 6 nitrogen and oxygen atoms in total. The highest BCUT2D eigenvalue weighted by Crippen LogP contribution is 2.36. The number of esters is 1. The highest BCUT2D eigenvalue weighted by molar-refractivity contribution is 8.00. The Morgan fingerprint density at radius 3 is 2.75 bits per heavy atom. The van der Waals surface area contributed by atoms with Crippen LogP contribution >= 0.6 is 11.8 Å². The zero-order valence-corrected chi connectivity index (χ0v) is 13.8. The summed E-state index contributed by atoms with van der Waals surface area (Å²) < 4.78 is 10.8. The van der Waals surface area contributed by atoms with Crippen LogP contribution in [0.1, 0.15) is 17.7 Å². The second-order valence-corrected chi connectivity index (χ2v) is 5.83. The molecule has 122 valence electrons. The monoisotopic (exact) mass is 341 g/mol. The van der Waals surface area contributed by atoms with E-state index in [1.807, 2.05) is 36.4 Å². The van der Waals surface area contributed by atoms with Crippen molar-refractivity contribution >= 4 is 17.7 Å². The van der Waals surface area contributed by atoms with E-state index in [4.69, 9.17) is 9.15 Å². The lowest BCUT2D eigenvalue weighted by Gasteiger charge is -2.13. The van der Waals surface area contributed by atoms with Crippen molar-refractivity contribution in [2.75, 3.05) is 6.61 Å². The van der Waals surface area contributed by atoms with Crippen molar-refractivity contribution in [2.24, 2.45) is 0 Å². The molecule has 0 aliphatic heterocycles. The number of nitrogens with zero attached hydrogens (tertiary/aromatic N) is 3. The average Bonchev–Trinajstić information content (AvgIpc) is 3.10. The number of carbonyl (C=O) groups is 1. The lowest BCUT2D eigenvalue weighted by molar-refractivity contribution is -0.142. The van der Waals surface area contributed by atoms with Crippen molar-refractivity contribution in [3.05, 3.63) is 60.4 Å². The molecule has 3 aromatic rings. The maximum Gasteiger partial charge on any atom is 0.324 e. The minimum absolute atomic E-state index is 0.302. The van der Waals surface area contributed by atoms with E-state index in [9.17, 15) is 4.79 Å². The number of carbonyl (C=O) groups excluding carboxylic acids is 1. The Hall–Kier alpha value is -2.67. The Morgan fingerprint density at radius 1 is 1.21 bits per heavy atom. The van der Waals surface area contributed by atoms with Gasteiger partial charge in [0.1, 0.15) is 5.25 Å². The molecule has 0 aliphatic carbocycles. The smallest absolute Gasteiger partial charge is 0.324 e.